The molecule has 2 aromatic rings. The zero-order valence-corrected chi connectivity index (χ0v) is 14.8. The van der Waals surface area contributed by atoms with Crippen LogP contribution in [0.1, 0.15) is 11.3 Å². The van der Waals surface area contributed by atoms with Gasteiger partial charge in [0.1, 0.15) is 5.76 Å². The number of halogens is 1. The predicted octanol–water partition coefficient (Wildman–Crippen LogP) is 3.41. The summed E-state index contributed by atoms with van der Waals surface area (Å²) in [5, 5.41) is 6.96. The zero-order chi connectivity index (χ0) is 16.4. The van der Waals surface area contributed by atoms with Crippen LogP contribution < -0.4 is 10.2 Å². The molecule has 6 nitrogen and oxygen atoms in total. The van der Waals surface area contributed by atoms with Gasteiger partial charge in [0.2, 0.25) is 0 Å². The first-order chi connectivity index (χ1) is 11.0. The number of anilines is 2. The summed E-state index contributed by atoms with van der Waals surface area (Å²) in [6.07, 6.45) is 0. The van der Waals surface area contributed by atoms with E-state index < -0.39 is 0 Å². The van der Waals surface area contributed by atoms with E-state index in [0.717, 1.165) is 40.4 Å². The lowest BCUT2D eigenvalue weighted by Gasteiger charge is -2.34. The van der Waals surface area contributed by atoms with Crippen LogP contribution in [0.25, 0.3) is 0 Å². The van der Waals surface area contributed by atoms with Gasteiger partial charge in [0, 0.05) is 42.4 Å². The van der Waals surface area contributed by atoms with E-state index in [1.807, 2.05) is 43.0 Å². The molecule has 23 heavy (non-hydrogen) atoms. The van der Waals surface area contributed by atoms with Crippen molar-refractivity contribution in [1.29, 1.82) is 0 Å². The number of hydrogen-bond donors (Lipinski definition) is 1. The van der Waals surface area contributed by atoms with Crippen molar-refractivity contribution in [3.05, 3.63) is 40.1 Å². The largest absolute Gasteiger partial charge is 0.360 e. The van der Waals surface area contributed by atoms with E-state index in [0.29, 0.717) is 13.1 Å². The number of nitrogens with zero attached hydrogens (tertiary/aromatic N) is 3. The molecule has 2 heterocycles. The van der Waals surface area contributed by atoms with Crippen molar-refractivity contribution in [1.82, 2.24) is 10.1 Å². The van der Waals surface area contributed by atoms with E-state index in [2.05, 4.69) is 31.3 Å². The Labute approximate surface area is 143 Å². The van der Waals surface area contributed by atoms with Gasteiger partial charge >= 0.3 is 6.03 Å². The van der Waals surface area contributed by atoms with Gasteiger partial charge in [0.25, 0.3) is 0 Å². The van der Waals surface area contributed by atoms with Crippen LogP contribution in [0.4, 0.5) is 16.3 Å². The third-order valence-electron chi connectivity index (χ3n) is 3.93. The molecule has 122 valence electrons. The number of aromatic nitrogens is 1. The lowest BCUT2D eigenvalue weighted by Crippen LogP contribution is -2.50. The number of hydrogen-bond acceptors (Lipinski definition) is 4. The molecule has 0 bridgehead atoms. The van der Waals surface area contributed by atoms with Gasteiger partial charge in [-0.15, -0.1) is 0 Å². The van der Waals surface area contributed by atoms with Gasteiger partial charge < -0.3 is 19.6 Å². The third-order valence-corrected chi connectivity index (χ3v) is 4.78. The molecule has 2 amide bonds. The van der Waals surface area contributed by atoms with Gasteiger partial charge in [-0.05, 0) is 31.5 Å². The highest BCUT2D eigenvalue weighted by Crippen LogP contribution is 2.21. The molecule has 0 radical (unpaired) electrons. The quantitative estimate of drug-likeness (QED) is 0.869. The van der Waals surface area contributed by atoms with Crippen molar-refractivity contribution in [2.75, 3.05) is 36.4 Å². The van der Waals surface area contributed by atoms with Gasteiger partial charge in [-0.25, -0.2) is 4.79 Å². The fourth-order valence-corrected chi connectivity index (χ4v) is 2.89. The van der Waals surface area contributed by atoms with Crippen LogP contribution in [0.3, 0.4) is 0 Å². The fourth-order valence-electron chi connectivity index (χ4n) is 2.51. The number of carbonyl (C=O) groups is 1. The molecule has 1 N–H and O–H groups in total. The van der Waals surface area contributed by atoms with Crippen LogP contribution in [0.2, 0.25) is 0 Å². The zero-order valence-electron chi connectivity index (χ0n) is 13.2. The average molecular weight is 379 g/mol. The SMILES string of the molecule is Cc1cc(N2CCN(C(=O)Nc3ccc(C)c(Br)c3)CC2)no1. The summed E-state index contributed by atoms with van der Waals surface area (Å²) in [7, 11) is 0. The predicted molar refractivity (Wildman–Crippen MR) is 92.9 cm³/mol. The standard InChI is InChI=1S/C16H19BrN4O2/c1-11-3-4-13(10-14(11)17)18-16(22)21-7-5-20(6-8-21)15-9-12(2)23-19-15/h3-4,9-10H,5-8H2,1-2H3,(H,18,22). The fraction of sp³-hybridized carbons (Fsp3) is 0.375. The number of nitrogens with one attached hydrogen (secondary N) is 1. The van der Waals surface area contributed by atoms with Crippen LogP contribution in [-0.2, 0) is 0 Å². The van der Waals surface area contributed by atoms with Gasteiger partial charge in [0.05, 0.1) is 0 Å². The first-order valence-corrected chi connectivity index (χ1v) is 8.32. The third kappa shape index (κ3) is 3.67. The molecule has 0 aliphatic carbocycles. The average Bonchev–Trinajstić information content (AvgIpc) is 2.97. The van der Waals surface area contributed by atoms with Crippen LogP contribution >= 0.6 is 15.9 Å². The molecule has 0 saturated carbocycles. The van der Waals surface area contributed by atoms with Crippen molar-refractivity contribution in [3.63, 3.8) is 0 Å². The van der Waals surface area contributed by atoms with Crippen LogP contribution in [0.15, 0.2) is 33.3 Å². The number of piperazine rings is 1. The van der Waals surface area contributed by atoms with E-state index in [1.165, 1.54) is 0 Å². The number of carbonyl (C=O) groups excluding carboxylic acids is 1. The second kappa shape index (κ2) is 6.62. The molecule has 1 aliphatic heterocycles. The van der Waals surface area contributed by atoms with Gasteiger partial charge in [-0.1, -0.05) is 27.2 Å². The molecule has 1 aliphatic rings. The van der Waals surface area contributed by atoms with E-state index in [4.69, 9.17) is 4.52 Å². The first-order valence-electron chi connectivity index (χ1n) is 7.53. The Morgan fingerprint density at radius 3 is 2.57 bits per heavy atom. The Kier molecular flexibility index (Phi) is 4.56. The van der Waals surface area contributed by atoms with Gasteiger partial charge in [-0.2, -0.15) is 0 Å². The molecule has 0 atom stereocenters. The molecule has 1 aromatic carbocycles. The molecular weight excluding hydrogens is 360 g/mol. The Bertz CT molecular complexity index is 708. The topological polar surface area (TPSA) is 61.6 Å². The number of aryl methyl sites for hydroxylation is 2. The van der Waals surface area contributed by atoms with E-state index in [9.17, 15) is 4.79 Å². The minimum absolute atomic E-state index is 0.0725. The minimum Gasteiger partial charge on any atom is -0.360 e. The lowest BCUT2D eigenvalue weighted by atomic mass is 10.2. The van der Waals surface area contributed by atoms with Crippen molar-refractivity contribution >= 4 is 33.5 Å². The highest BCUT2D eigenvalue weighted by molar-refractivity contribution is 9.10. The van der Waals surface area contributed by atoms with Crippen molar-refractivity contribution in [3.8, 4) is 0 Å². The lowest BCUT2D eigenvalue weighted by molar-refractivity contribution is 0.208. The number of rotatable bonds is 2. The molecule has 0 spiro atoms. The Hall–Kier alpha value is -2.02. The molecule has 7 heteroatoms. The summed E-state index contributed by atoms with van der Waals surface area (Å²) in [5.41, 5.74) is 1.93. The summed E-state index contributed by atoms with van der Waals surface area (Å²) in [4.78, 5) is 16.3. The highest BCUT2D eigenvalue weighted by atomic mass is 79.9. The molecule has 0 unspecified atom stereocenters. The molecule has 1 saturated heterocycles. The van der Waals surface area contributed by atoms with Crippen molar-refractivity contribution < 1.29 is 9.32 Å². The summed E-state index contributed by atoms with van der Waals surface area (Å²) in [6, 6.07) is 7.65. The molecule has 3 rings (SSSR count). The minimum atomic E-state index is -0.0725. The maximum Gasteiger partial charge on any atom is 0.321 e. The summed E-state index contributed by atoms with van der Waals surface area (Å²) >= 11 is 3.48. The Morgan fingerprint density at radius 1 is 1.22 bits per heavy atom. The second-order valence-electron chi connectivity index (χ2n) is 5.66. The highest BCUT2D eigenvalue weighted by Gasteiger charge is 2.23. The Balaban J connectivity index is 1.56. The van der Waals surface area contributed by atoms with Crippen molar-refractivity contribution in [2.45, 2.75) is 13.8 Å². The maximum absolute atomic E-state index is 12.4. The normalized spacial score (nSPS) is 14.9. The first kappa shape index (κ1) is 15.9. The molecule has 1 fully saturated rings. The number of amides is 2. The van der Waals surface area contributed by atoms with Gasteiger partial charge in [0.15, 0.2) is 5.82 Å². The molecule has 1 aromatic heterocycles. The number of urea groups is 1. The van der Waals surface area contributed by atoms with E-state index >= 15 is 0 Å². The molecular formula is C16H19BrN4O2. The Morgan fingerprint density at radius 2 is 1.96 bits per heavy atom. The smallest absolute Gasteiger partial charge is 0.321 e. The van der Waals surface area contributed by atoms with Crippen LogP contribution in [0.5, 0.6) is 0 Å². The van der Waals surface area contributed by atoms with E-state index in [1.54, 1.807) is 0 Å². The summed E-state index contributed by atoms with van der Waals surface area (Å²) < 4.78 is 6.09. The van der Waals surface area contributed by atoms with E-state index in [-0.39, 0.29) is 6.03 Å². The van der Waals surface area contributed by atoms with Gasteiger partial charge in [-0.3, -0.25) is 0 Å². The summed E-state index contributed by atoms with van der Waals surface area (Å²) in [6.45, 7) is 6.70. The monoisotopic (exact) mass is 378 g/mol. The van der Waals surface area contributed by atoms with Crippen LogP contribution in [-0.4, -0.2) is 42.3 Å². The maximum atomic E-state index is 12.4. The summed E-state index contributed by atoms with van der Waals surface area (Å²) in [5.74, 6) is 1.63. The van der Waals surface area contributed by atoms with Crippen molar-refractivity contribution in [2.24, 2.45) is 0 Å². The van der Waals surface area contributed by atoms with Crippen LogP contribution in [0, 0.1) is 13.8 Å². The number of benzene rings is 1. The second-order valence-corrected chi connectivity index (χ2v) is 6.52.